The number of rotatable bonds is 8. The van der Waals surface area contributed by atoms with E-state index >= 15 is 0 Å². The molecule has 1 spiro atoms. The zero-order valence-corrected chi connectivity index (χ0v) is 20.6. The second-order valence-corrected chi connectivity index (χ2v) is 9.89. The highest BCUT2D eigenvalue weighted by atomic mass is 19.1. The molecule has 2 fully saturated rings. The molecule has 1 atom stereocenters. The number of para-hydroxylation sites is 2. The van der Waals surface area contributed by atoms with Gasteiger partial charge in [0.1, 0.15) is 17.7 Å². The van der Waals surface area contributed by atoms with Crippen molar-refractivity contribution in [3.05, 3.63) is 59.9 Å². The predicted molar refractivity (Wildman–Crippen MR) is 133 cm³/mol. The van der Waals surface area contributed by atoms with Crippen molar-refractivity contribution in [1.29, 1.82) is 0 Å². The number of ether oxygens (including phenoxy) is 2. The highest BCUT2D eigenvalue weighted by molar-refractivity contribution is 5.97. The van der Waals surface area contributed by atoms with Crippen molar-refractivity contribution in [1.82, 2.24) is 4.90 Å². The van der Waals surface area contributed by atoms with Crippen LogP contribution in [0.25, 0.3) is 0 Å². The molecule has 2 heterocycles. The second-order valence-electron chi connectivity index (χ2n) is 9.89. The molecule has 0 aliphatic carbocycles. The van der Waals surface area contributed by atoms with Crippen LogP contribution in [0, 0.1) is 11.7 Å². The number of piperidine rings is 1. The molecule has 2 aromatic rings. The largest absolute Gasteiger partial charge is 0.493 e. The lowest BCUT2D eigenvalue weighted by molar-refractivity contribution is -0.171. The van der Waals surface area contributed by atoms with E-state index in [2.05, 4.69) is 24.0 Å². The van der Waals surface area contributed by atoms with Crippen LogP contribution in [0.15, 0.2) is 48.5 Å². The van der Waals surface area contributed by atoms with Gasteiger partial charge in [0.05, 0.1) is 24.4 Å². The summed E-state index contributed by atoms with van der Waals surface area (Å²) >= 11 is 0. The fourth-order valence-electron chi connectivity index (χ4n) is 4.97. The van der Waals surface area contributed by atoms with Gasteiger partial charge in [0.25, 0.3) is 5.91 Å². The Morgan fingerprint density at radius 1 is 1.12 bits per heavy atom. The van der Waals surface area contributed by atoms with E-state index in [4.69, 9.17) is 9.47 Å². The summed E-state index contributed by atoms with van der Waals surface area (Å²) in [5.41, 5.74) is 1.15. The first kappa shape index (κ1) is 24.7. The van der Waals surface area contributed by atoms with Gasteiger partial charge in [-0.15, -0.1) is 0 Å². The normalized spacial score (nSPS) is 20.8. The van der Waals surface area contributed by atoms with Crippen LogP contribution in [0.2, 0.25) is 0 Å². The fraction of sp³-hybridized carbons (Fsp3) is 0.536. The van der Waals surface area contributed by atoms with Crippen molar-refractivity contribution in [2.75, 3.05) is 37.7 Å². The predicted octanol–water partition coefficient (Wildman–Crippen LogP) is 5.08. The van der Waals surface area contributed by atoms with Crippen molar-refractivity contribution in [2.24, 2.45) is 5.92 Å². The molecule has 6 heteroatoms. The molecular formula is C28H37FN2O3. The fourth-order valence-corrected chi connectivity index (χ4v) is 4.97. The molecular weight excluding hydrogens is 431 g/mol. The van der Waals surface area contributed by atoms with Gasteiger partial charge < -0.3 is 19.3 Å². The third-order valence-corrected chi connectivity index (χ3v) is 6.98. The van der Waals surface area contributed by atoms with Gasteiger partial charge in [0, 0.05) is 19.6 Å². The van der Waals surface area contributed by atoms with Crippen LogP contribution in [0.1, 0.15) is 45.6 Å². The van der Waals surface area contributed by atoms with Gasteiger partial charge in [-0.3, -0.25) is 4.79 Å². The summed E-state index contributed by atoms with van der Waals surface area (Å²) < 4.78 is 27.0. The Kier molecular flexibility index (Phi) is 7.89. The summed E-state index contributed by atoms with van der Waals surface area (Å²) in [4.78, 5) is 17.3. The third kappa shape index (κ3) is 5.44. The lowest BCUT2D eigenvalue weighted by Gasteiger charge is -2.50. The quantitative estimate of drug-likeness (QED) is 0.542. The molecule has 0 bridgehead atoms. The van der Waals surface area contributed by atoms with E-state index in [0.29, 0.717) is 12.2 Å². The lowest BCUT2D eigenvalue weighted by Crippen LogP contribution is -2.63. The minimum Gasteiger partial charge on any atom is -0.493 e. The lowest BCUT2D eigenvalue weighted by atomic mass is 9.86. The summed E-state index contributed by atoms with van der Waals surface area (Å²) in [5, 5.41) is 0. The molecule has 4 rings (SSSR count). The van der Waals surface area contributed by atoms with E-state index in [1.54, 1.807) is 23.1 Å². The van der Waals surface area contributed by atoms with Gasteiger partial charge in [-0.1, -0.05) is 51.1 Å². The number of anilines is 1. The minimum atomic E-state index is -0.553. The molecule has 2 aromatic carbocycles. The number of carbonyl (C=O) groups excluding carboxylic acids is 1. The maximum absolute atomic E-state index is 14.6. The van der Waals surface area contributed by atoms with Crippen LogP contribution in [0.4, 0.5) is 10.1 Å². The van der Waals surface area contributed by atoms with Crippen molar-refractivity contribution >= 4 is 11.6 Å². The number of amides is 1. The minimum absolute atomic E-state index is 0.0246. The Hall–Kier alpha value is -2.44. The Bertz CT molecular complexity index is 972. The van der Waals surface area contributed by atoms with E-state index in [1.807, 2.05) is 26.0 Å². The summed E-state index contributed by atoms with van der Waals surface area (Å²) in [6, 6.07) is 14.8. The maximum atomic E-state index is 14.6. The molecule has 0 saturated carbocycles. The average Bonchev–Trinajstić information content (AvgIpc) is 2.84. The molecule has 34 heavy (non-hydrogen) atoms. The molecule has 0 aromatic heterocycles. The third-order valence-electron chi connectivity index (χ3n) is 6.98. The molecule has 1 amide bonds. The van der Waals surface area contributed by atoms with Gasteiger partial charge in [0.2, 0.25) is 0 Å². The van der Waals surface area contributed by atoms with Crippen LogP contribution in [0.5, 0.6) is 5.75 Å². The highest BCUT2D eigenvalue weighted by Gasteiger charge is 2.48. The number of hydrogen-bond donors (Lipinski definition) is 0. The standard InChI is InChI=1S/C28H37FN2O3/c1-4-19-33-25-12-8-5-9-22(25)13-16-30-17-14-28(15-18-30)20-31(24-11-7-6-10-23(24)29)27(32)26(34-28)21(2)3/h5-12,21,26H,4,13-20H2,1-3H3. The van der Waals surface area contributed by atoms with E-state index < -0.39 is 11.7 Å². The summed E-state index contributed by atoms with van der Waals surface area (Å²) in [7, 11) is 0. The van der Waals surface area contributed by atoms with E-state index in [1.165, 1.54) is 11.6 Å². The highest BCUT2D eigenvalue weighted by Crippen LogP contribution is 2.37. The monoisotopic (exact) mass is 468 g/mol. The summed E-state index contributed by atoms with van der Waals surface area (Å²) in [6.07, 6.45) is 3.02. The van der Waals surface area contributed by atoms with E-state index in [0.717, 1.165) is 57.7 Å². The van der Waals surface area contributed by atoms with Gasteiger partial charge in [-0.05, 0) is 55.4 Å². The molecule has 184 valence electrons. The molecule has 2 aliphatic heterocycles. The van der Waals surface area contributed by atoms with E-state index in [-0.39, 0.29) is 17.6 Å². The first-order valence-corrected chi connectivity index (χ1v) is 12.6. The molecule has 0 N–H and O–H groups in total. The number of halogens is 1. The number of carbonyl (C=O) groups is 1. The number of benzene rings is 2. The summed E-state index contributed by atoms with van der Waals surface area (Å²) in [6.45, 7) is 9.97. The smallest absolute Gasteiger partial charge is 0.256 e. The maximum Gasteiger partial charge on any atom is 0.256 e. The number of likely N-dealkylation sites (tertiary alicyclic amines) is 1. The van der Waals surface area contributed by atoms with Crippen LogP contribution in [0.3, 0.4) is 0 Å². The molecule has 2 aliphatic rings. The van der Waals surface area contributed by atoms with Crippen LogP contribution < -0.4 is 9.64 Å². The first-order chi connectivity index (χ1) is 16.4. The Balaban J connectivity index is 1.42. The Morgan fingerprint density at radius 3 is 2.53 bits per heavy atom. The van der Waals surface area contributed by atoms with Crippen LogP contribution in [-0.4, -0.2) is 55.3 Å². The number of morpholine rings is 1. The van der Waals surface area contributed by atoms with E-state index in [9.17, 15) is 9.18 Å². The molecule has 2 saturated heterocycles. The van der Waals surface area contributed by atoms with Crippen molar-refractivity contribution < 1.29 is 18.7 Å². The first-order valence-electron chi connectivity index (χ1n) is 12.6. The Labute approximate surface area is 202 Å². The molecule has 1 unspecified atom stereocenters. The van der Waals surface area contributed by atoms with Gasteiger partial charge in [-0.25, -0.2) is 4.39 Å². The van der Waals surface area contributed by atoms with Crippen molar-refractivity contribution in [3.8, 4) is 5.75 Å². The van der Waals surface area contributed by atoms with Crippen LogP contribution in [-0.2, 0) is 16.0 Å². The zero-order chi connectivity index (χ0) is 24.1. The van der Waals surface area contributed by atoms with Gasteiger partial charge >= 0.3 is 0 Å². The SMILES string of the molecule is CCCOc1ccccc1CCN1CCC2(CC1)CN(c1ccccc1F)C(=O)C(C(C)C)O2. The molecule has 5 nitrogen and oxygen atoms in total. The van der Waals surface area contributed by atoms with Gasteiger partial charge in [0.15, 0.2) is 0 Å². The second kappa shape index (κ2) is 10.9. The van der Waals surface area contributed by atoms with Crippen LogP contribution >= 0.6 is 0 Å². The average molecular weight is 469 g/mol. The van der Waals surface area contributed by atoms with Crippen molar-refractivity contribution in [3.63, 3.8) is 0 Å². The Morgan fingerprint density at radius 2 is 1.82 bits per heavy atom. The zero-order valence-electron chi connectivity index (χ0n) is 20.6. The van der Waals surface area contributed by atoms with Crippen molar-refractivity contribution in [2.45, 2.75) is 58.2 Å². The summed E-state index contributed by atoms with van der Waals surface area (Å²) in [5.74, 6) is 0.498. The number of hydrogen-bond acceptors (Lipinski definition) is 4. The van der Waals surface area contributed by atoms with Gasteiger partial charge in [-0.2, -0.15) is 0 Å². The number of nitrogens with zero attached hydrogens (tertiary/aromatic N) is 2. The molecule has 0 radical (unpaired) electrons. The topological polar surface area (TPSA) is 42.0 Å².